The van der Waals surface area contributed by atoms with Crippen LogP contribution in [0, 0.1) is 34.7 Å². The van der Waals surface area contributed by atoms with Gasteiger partial charge in [0, 0.05) is 55.2 Å². The molecule has 5 aromatic rings. The molecule has 2 aromatic heterocycles. The Kier molecular flexibility index (Phi) is 10.2. The lowest BCUT2D eigenvalue weighted by molar-refractivity contribution is -0.0589. The van der Waals surface area contributed by atoms with Crippen LogP contribution in [0.4, 0.5) is 13.2 Å². The van der Waals surface area contributed by atoms with Gasteiger partial charge >= 0.3 is 5.97 Å². The number of benzene rings is 3. The van der Waals surface area contributed by atoms with Gasteiger partial charge in [-0.1, -0.05) is 24.0 Å². The van der Waals surface area contributed by atoms with Crippen molar-refractivity contribution < 1.29 is 32.2 Å². The third kappa shape index (κ3) is 7.53. The highest BCUT2D eigenvalue weighted by Gasteiger charge is 2.24. The lowest BCUT2D eigenvalue weighted by atomic mass is 10.0. The number of carbonyl (C=O) groups is 1. The Balaban J connectivity index is 1.20. The molecule has 12 heteroatoms. The quantitative estimate of drug-likeness (QED) is 0.0949. The van der Waals surface area contributed by atoms with E-state index in [1.165, 1.54) is 25.3 Å². The monoisotopic (exact) mass is 679 g/mol. The molecule has 2 N–H and O–H groups in total. The molecule has 1 atom stereocenters. The maximum atomic E-state index is 15.6. The van der Waals surface area contributed by atoms with E-state index in [0.29, 0.717) is 46.7 Å². The van der Waals surface area contributed by atoms with E-state index in [1.807, 2.05) is 4.57 Å². The van der Waals surface area contributed by atoms with Gasteiger partial charge in [-0.05, 0) is 60.5 Å². The molecular weight excluding hydrogens is 647 g/mol. The average molecular weight is 680 g/mol. The van der Waals surface area contributed by atoms with Crippen LogP contribution >= 0.6 is 0 Å². The van der Waals surface area contributed by atoms with Crippen molar-refractivity contribution in [2.45, 2.75) is 32.1 Å². The number of hydrogen-bond donors (Lipinski definition) is 2. The molecule has 1 aliphatic heterocycles. The molecule has 1 aliphatic rings. The van der Waals surface area contributed by atoms with E-state index in [-0.39, 0.29) is 47.4 Å². The van der Waals surface area contributed by atoms with Gasteiger partial charge in [0.15, 0.2) is 0 Å². The number of aromatic nitrogens is 3. The maximum Gasteiger partial charge on any atom is 0.337 e. The predicted octanol–water partition coefficient (Wildman–Crippen LogP) is 6.37. The first-order valence-electron chi connectivity index (χ1n) is 15.7. The standard InChI is InChI=1S/C38H32F3N5O4/c1-43-20-24(19-42)7-6-23-8-9-26(30(39)14-23)22-50-37-5-3-4-33(45-37)29-18-31(40)27(15-32(29)41)17-36-44-34-11-10-25(38(47)48-2)16-35(34)46(36)21-28-12-13-49-28/h3-5,8-11,14-16,18-20,28,42-43H,12-13,17,21-22H2,1-2H3/b24-20-,42-19?/t28-/m0/s1. The molecular formula is C38H32F3N5O4. The van der Waals surface area contributed by atoms with E-state index in [4.69, 9.17) is 19.6 Å². The van der Waals surface area contributed by atoms with Crippen molar-refractivity contribution in [3.63, 3.8) is 0 Å². The molecule has 0 aliphatic carbocycles. The number of esters is 1. The third-order valence-electron chi connectivity index (χ3n) is 8.15. The molecule has 3 heterocycles. The number of ether oxygens (including phenoxy) is 3. The van der Waals surface area contributed by atoms with Gasteiger partial charge in [0.05, 0.1) is 47.6 Å². The molecule has 1 fully saturated rings. The number of pyridine rings is 1. The summed E-state index contributed by atoms with van der Waals surface area (Å²) in [6.45, 7) is 0.925. The lowest BCUT2D eigenvalue weighted by Gasteiger charge is -2.27. The SMILES string of the molecule is CN/C=C(/C#Cc1ccc(COc2cccc(-c3cc(F)c(Cc4nc5ccc(C(=O)OC)cc5n4C[C@@H]4CCO4)cc3F)n2)c(F)c1)C=N. The predicted molar refractivity (Wildman–Crippen MR) is 181 cm³/mol. The number of allylic oxidation sites excluding steroid dienone is 1. The summed E-state index contributed by atoms with van der Waals surface area (Å²) in [7, 11) is 2.99. The molecule has 1 saturated heterocycles. The zero-order valence-corrected chi connectivity index (χ0v) is 27.2. The molecule has 9 nitrogen and oxygen atoms in total. The Bertz CT molecular complexity index is 2180. The number of rotatable bonds is 11. The maximum absolute atomic E-state index is 15.6. The van der Waals surface area contributed by atoms with Crippen LogP contribution in [-0.2, 0) is 29.0 Å². The number of fused-ring (bicyclic) bond motifs is 1. The van der Waals surface area contributed by atoms with Crippen LogP contribution in [-0.4, -0.2) is 53.6 Å². The summed E-state index contributed by atoms with van der Waals surface area (Å²) in [5.41, 5.74) is 2.88. The van der Waals surface area contributed by atoms with Gasteiger partial charge < -0.3 is 29.5 Å². The van der Waals surface area contributed by atoms with Gasteiger partial charge in [-0.25, -0.2) is 27.9 Å². The van der Waals surface area contributed by atoms with Crippen LogP contribution in [0.1, 0.15) is 39.3 Å². The first-order chi connectivity index (χ1) is 24.3. The first-order valence-corrected chi connectivity index (χ1v) is 15.7. The van der Waals surface area contributed by atoms with Crippen molar-refractivity contribution in [2.75, 3.05) is 20.8 Å². The summed E-state index contributed by atoms with van der Waals surface area (Å²) in [4.78, 5) is 21.2. The molecule has 0 saturated carbocycles. The van der Waals surface area contributed by atoms with E-state index in [2.05, 4.69) is 27.1 Å². The van der Waals surface area contributed by atoms with Crippen molar-refractivity contribution in [2.24, 2.45) is 0 Å². The highest BCUT2D eigenvalue weighted by Crippen LogP contribution is 2.29. The molecule has 0 radical (unpaired) electrons. The first kappa shape index (κ1) is 34.0. The molecule has 0 spiro atoms. The Morgan fingerprint density at radius 3 is 2.60 bits per heavy atom. The zero-order valence-electron chi connectivity index (χ0n) is 27.2. The van der Waals surface area contributed by atoms with Crippen molar-refractivity contribution in [1.29, 1.82) is 5.41 Å². The minimum Gasteiger partial charge on any atom is -0.473 e. The fraction of sp³-hybridized carbons (Fsp3) is 0.211. The van der Waals surface area contributed by atoms with E-state index < -0.39 is 23.4 Å². The molecule has 0 bridgehead atoms. The average Bonchev–Trinajstić information content (AvgIpc) is 3.44. The molecule has 3 aromatic carbocycles. The van der Waals surface area contributed by atoms with Gasteiger partial charge in [-0.3, -0.25) is 0 Å². The van der Waals surface area contributed by atoms with E-state index >= 15 is 8.78 Å². The summed E-state index contributed by atoms with van der Waals surface area (Å²) in [6.07, 6.45) is 3.43. The second-order valence-electron chi connectivity index (χ2n) is 11.5. The minimum atomic E-state index is -0.692. The Labute approximate surface area is 286 Å². The largest absolute Gasteiger partial charge is 0.473 e. The van der Waals surface area contributed by atoms with Crippen LogP contribution in [0.5, 0.6) is 5.88 Å². The topological polar surface area (TPSA) is 111 Å². The van der Waals surface area contributed by atoms with Crippen molar-refractivity contribution >= 4 is 23.2 Å². The normalized spacial score (nSPS) is 14.0. The molecule has 0 amide bonds. The molecule has 254 valence electrons. The number of nitrogens with one attached hydrogen (secondary N) is 2. The number of imidazole rings is 1. The van der Waals surface area contributed by atoms with Crippen LogP contribution < -0.4 is 10.1 Å². The van der Waals surface area contributed by atoms with Gasteiger partial charge in [0.2, 0.25) is 5.88 Å². The van der Waals surface area contributed by atoms with E-state index in [0.717, 1.165) is 24.8 Å². The van der Waals surface area contributed by atoms with Crippen LogP contribution in [0.3, 0.4) is 0 Å². The Hall–Kier alpha value is -5.93. The summed E-state index contributed by atoms with van der Waals surface area (Å²) in [6, 6.07) is 16.3. The summed E-state index contributed by atoms with van der Waals surface area (Å²) in [5, 5.41) is 10.2. The summed E-state index contributed by atoms with van der Waals surface area (Å²) < 4.78 is 64.1. The fourth-order valence-electron chi connectivity index (χ4n) is 5.43. The number of nitrogens with zero attached hydrogens (tertiary/aromatic N) is 3. The number of hydrogen-bond acceptors (Lipinski definition) is 8. The van der Waals surface area contributed by atoms with Crippen LogP contribution in [0.2, 0.25) is 0 Å². The van der Waals surface area contributed by atoms with Gasteiger partial charge in [-0.2, -0.15) is 0 Å². The Morgan fingerprint density at radius 2 is 1.88 bits per heavy atom. The summed E-state index contributed by atoms with van der Waals surface area (Å²) >= 11 is 0. The smallest absolute Gasteiger partial charge is 0.337 e. The van der Waals surface area contributed by atoms with Crippen LogP contribution in [0.15, 0.2) is 78.5 Å². The van der Waals surface area contributed by atoms with Crippen molar-refractivity contribution in [3.05, 3.63) is 124 Å². The second-order valence-corrected chi connectivity index (χ2v) is 11.5. The van der Waals surface area contributed by atoms with Gasteiger partial charge in [0.1, 0.15) is 29.9 Å². The van der Waals surface area contributed by atoms with Gasteiger partial charge in [-0.15, -0.1) is 0 Å². The second kappa shape index (κ2) is 15.1. The van der Waals surface area contributed by atoms with E-state index in [1.54, 1.807) is 49.6 Å². The molecule has 50 heavy (non-hydrogen) atoms. The van der Waals surface area contributed by atoms with Crippen molar-refractivity contribution in [1.82, 2.24) is 19.9 Å². The molecule has 6 rings (SSSR count). The van der Waals surface area contributed by atoms with Crippen molar-refractivity contribution in [3.8, 4) is 29.0 Å². The van der Waals surface area contributed by atoms with Gasteiger partial charge in [0.25, 0.3) is 0 Å². The number of methoxy groups -OCH3 is 1. The highest BCUT2D eigenvalue weighted by atomic mass is 19.1. The van der Waals surface area contributed by atoms with E-state index in [9.17, 15) is 9.18 Å². The number of halogens is 3. The zero-order chi connectivity index (χ0) is 35.2. The fourth-order valence-corrected chi connectivity index (χ4v) is 5.43. The lowest BCUT2D eigenvalue weighted by Crippen LogP contribution is -2.31. The van der Waals surface area contributed by atoms with Crippen LogP contribution in [0.25, 0.3) is 22.3 Å². The number of carbonyl (C=O) groups excluding carboxylic acids is 1. The summed E-state index contributed by atoms with van der Waals surface area (Å²) in [5.74, 6) is 3.81. The third-order valence-corrected chi connectivity index (χ3v) is 8.15. The highest BCUT2D eigenvalue weighted by molar-refractivity contribution is 5.93. The molecule has 0 unspecified atom stereocenters. The Morgan fingerprint density at radius 1 is 1.06 bits per heavy atom. The minimum absolute atomic E-state index is 0.0129.